The van der Waals surface area contributed by atoms with Crippen molar-refractivity contribution in [2.75, 3.05) is 0 Å². The Morgan fingerprint density at radius 1 is 1.22 bits per heavy atom. The van der Waals surface area contributed by atoms with Gasteiger partial charge in [-0.25, -0.2) is 9.98 Å². The molecular formula is C20H17N5O2. The second-order valence-electron chi connectivity index (χ2n) is 6.26. The fraction of sp³-hybridized carbons (Fsp3) is 0.150. The van der Waals surface area contributed by atoms with Crippen molar-refractivity contribution in [3.63, 3.8) is 0 Å². The van der Waals surface area contributed by atoms with Crippen molar-refractivity contribution < 1.29 is 9.21 Å². The lowest BCUT2D eigenvalue weighted by atomic mass is 10.0. The standard InChI is InChI=1S/C20H17N5O2/c1-12-17-7-15(14-5-4-6-21-8-14)9-22-20(17)27-19(12)18(24-13(2)26)16-10-23-25(3)11-16/h4-11H,1-3H3. The van der Waals surface area contributed by atoms with Gasteiger partial charge in [0, 0.05) is 66.4 Å². The molecule has 0 saturated heterocycles. The van der Waals surface area contributed by atoms with E-state index in [0.29, 0.717) is 22.7 Å². The van der Waals surface area contributed by atoms with E-state index >= 15 is 0 Å². The zero-order valence-corrected chi connectivity index (χ0v) is 15.2. The molecule has 0 unspecified atom stereocenters. The van der Waals surface area contributed by atoms with Crippen molar-refractivity contribution in [2.24, 2.45) is 12.0 Å². The first-order valence-electron chi connectivity index (χ1n) is 8.41. The molecule has 4 aromatic rings. The third kappa shape index (κ3) is 3.15. The van der Waals surface area contributed by atoms with E-state index in [1.165, 1.54) is 6.92 Å². The summed E-state index contributed by atoms with van der Waals surface area (Å²) in [6.45, 7) is 3.34. The summed E-state index contributed by atoms with van der Waals surface area (Å²) in [4.78, 5) is 24.5. The molecule has 0 N–H and O–H groups in total. The van der Waals surface area contributed by atoms with Crippen molar-refractivity contribution in [3.05, 3.63) is 66.1 Å². The van der Waals surface area contributed by atoms with Crippen LogP contribution in [0.3, 0.4) is 0 Å². The van der Waals surface area contributed by atoms with Gasteiger partial charge in [-0.2, -0.15) is 5.10 Å². The maximum absolute atomic E-state index is 11.7. The zero-order valence-electron chi connectivity index (χ0n) is 15.2. The number of amides is 1. The average molecular weight is 359 g/mol. The van der Waals surface area contributed by atoms with Gasteiger partial charge in [-0.05, 0) is 19.1 Å². The van der Waals surface area contributed by atoms with Crippen LogP contribution in [-0.2, 0) is 11.8 Å². The quantitative estimate of drug-likeness (QED) is 0.524. The molecule has 0 aliphatic rings. The van der Waals surface area contributed by atoms with Crippen LogP contribution in [0.4, 0.5) is 0 Å². The van der Waals surface area contributed by atoms with Crippen LogP contribution in [0.15, 0.2) is 58.6 Å². The van der Waals surface area contributed by atoms with Crippen molar-refractivity contribution in [1.29, 1.82) is 0 Å². The molecule has 4 rings (SSSR count). The zero-order chi connectivity index (χ0) is 19.0. The highest BCUT2D eigenvalue weighted by Gasteiger charge is 2.20. The summed E-state index contributed by atoms with van der Waals surface area (Å²) in [5, 5.41) is 5.04. The molecule has 0 atom stereocenters. The third-order valence-corrected chi connectivity index (χ3v) is 4.25. The molecule has 7 nitrogen and oxygen atoms in total. The Kier molecular flexibility index (Phi) is 4.12. The highest BCUT2D eigenvalue weighted by atomic mass is 16.3. The van der Waals surface area contributed by atoms with Gasteiger partial charge in [-0.15, -0.1) is 0 Å². The Hall–Kier alpha value is -3.61. The van der Waals surface area contributed by atoms with Crippen LogP contribution >= 0.6 is 0 Å². The van der Waals surface area contributed by atoms with E-state index in [1.807, 2.05) is 32.2 Å². The van der Waals surface area contributed by atoms with E-state index in [1.54, 1.807) is 35.7 Å². The van der Waals surface area contributed by atoms with Gasteiger partial charge in [-0.1, -0.05) is 6.07 Å². The largest absolute Gasteiger partial charge is 0.436 e. The van der Waals surface area contributed by atoms with E-state index in [4.69, 9.17) is 4.42 Å². The number of carbonyl (C=O) groups is 1. The molecule has 0 saturated carbocycles. The van der Waals surface area contributed by atoms with Gasteiger partial charge < -0.3 is 4.42 Å². The Balaban J connectivity index is 1.88. The molecular weight excluding hydrogens is 342 g/mol. The summed E-state index contributed by atoms with van der Waals surface area (Å²) < 4.78 is 7.62. The second-order valence-corrected chi connectivity index (χ2v) is 6.26. The molecule has 27 heavy (non-hydrogen) atoms. The first kappa shape index (κ1) is 16.8. The maximum Gasteiger partial charge on any atom is 0.243 e. The monoisotopic (exact) mass is 359 g/mol. The molecule has 4 aromatic heterocycles. The second kappa shape index (κ2) is 6.60. The molecule has 1 amide bonds. The van der Waals surface area contributed by atoms with E-state index in [2.05, 4.69) is 20.1 Å². The lowest BCUT2D eigenvalue weighted by molar-refractivity contribution is -0.115. The fourth-order valence-corrected chi connectivity index (χ4v) is 2.96. The lowest BCUT2D eigenvalue weighted by Gasteiger charge is -2.01. The highest BCUT2D eigenvalue weighted by molar-refractivity contribution is 6.17. The minimum Gasteiger partial charge on any atom is -0.436 e. The minimum atomic E-state index is -0.308. The number of aromatic nitrogens is 4. The van der Waals surface area contributed by atoms with Crippen LogP contribution in [0, 0.1) is 6.92 Å². The Morgan fingerprint density at radius 3 is 2.74 bits per heavy atom. The number of aliphatic imine (C=N–C) groups is 1. The Bertz CT molecular complexity index is 1170. The predicted octanol–water partition coefficient (Wildman–Crippen LogP) is 3.32. The number of pyridine rings is 2. The summed E-state index contributed by atoms with van der Waals surface area (Å²) in [5.41, 5.74) is 4.44. The first-order chi connectivity index (χ1) is 13.0. The molecule has 0 fully saturated rings. The minimum absolute atomic E-state index is 0.308. The smallest absolute Gasteiger partial charge is 0.243 e. The van der Waals surface area contributed by atoms with Crippen molar-refractivity contribution in [3.8, 4) is 11.1 Å². The molecule has 0 aromatic carbocycles. The molecule has 7 heteroatoms. The predicted molar refractivity (Wildman–Crippen MR) is 102 cm³/mol. The summed E-state index contributed by atoms with van der Waals surface area (Å²) in [5.74, 6) is 0.210. The van der Waals surface area contributed by atoms with Crippen LogP contribution in [-0.4, -0.2) is 31.4 Å². The number of fused-ring (bicyclic) bond motifs is 1. The summed E-state index contributed by atoms with van der Waals surface area (Å²) >= 11 is 0. The maximum atomic E-state index is 11.7. The van der Waals surface area contributed by atoms with Gasteiger partial charge in [-0.3, -0.25) is 14.5 Å². The number of hydrogen-bond donors (Lipinski definition) is 0. The molecule has 0 aliphatic heterocycles. The third-order valence-electron chi connectivity index (χ3n) is 4.25. The van der Waals surface area contributed by atoms with Gasteiger partial charge in [0.1, 0.15) is 5.71 Å². The molecule has 4 heterocycles. The van der Waals surface area contributed by atoms with Crippen LogP contribution in [0.5, 0.6) is 0 Å². The van der Waals surface area contributed by atoms with Gasteiger partial charge in [0.15, 0.2) is 5.76 Å². The number of nitrogens with zero attached hydrogens (tertiary/aromatic N) is 5. The van der Waals surface area contributed by atoms with E-state index in [-0.39, 0.29) is 5.91 Å². The molecule has 0 bridgehead atoms. The van der Waals surface area contributed by atoms with E-state index in [0.717, 1.165) is 22.1 Å². The molecule has 134 valence electrons. The van der Waals surface area contributed by atoms with Gasteiger partial charge in [0.25, 0.3) is 0 Å². The van der Waals surface area contributed by atoms with Crippen molar-refractivity contribution in [2.45, 2.75) is 13.8 Å². The van der Waals surface area contributed by atoms with Crippen molar-refractivity contribution >= 4 is 22.7 Å². The van der Waals surface area contributed by atoms with Crippen LogP contribution in [0.1, 0.15) is 23.8 Å². The number of rotatable bonds is 3. The average Bonchev–Trinajstić information content (AvgIpc) is 3.24. The Morgan fingerprint density at radius 2 is 2.07 bits per heavy atom. The summed E-state index contributed by atoms with van der Waals surface area (Å²) in [6.07, 6.45) is 8.72. The van der Waals surface area contributed by atoms with Crippen LogP contribution in [0.2, 0.25) is 0 Å². The molecule has 0 spiro atoms. The number of hydrogen-bond acceptors (Lipinski definition) is 5. The summed E-state index contributed by atoms with van der Waals surface area (Å²) in [7, 11) is 1.81. The van der Waals surface area contributed by atoms with E-state index in [9.17, 15) is 4.79 Å². The summed E-state index contributed by atoms with van der Waals surface area (Å²) in [6, 6.07) is 5.87. The number of carbonyl (C=O) groups excluding carboxylic acids is 1. The van der Waals surface area contributed by atoms with Gasteiger partial charge in [0.05, 0.1) is 6.20 Å². The number of aryl methyl sites for hydroxylation is 2. The SMILES string of the molecule is CC(=O)N=C(c1cnn(C)c1)c1oc2ncc(-c3cccnc3)cc2c1C. The van der Waals surface area contributed by atoms with Crippen LogP contribution in [0.25, 0.3) is 22.2 Å². The molecule has 0 radical (unpaired) electrons. The van der Waals surface area contributed by atoms with Gasteiger partial charge in [0.2, 0.25) is 11.6 Å². The van der Waals surface area contributed by atoms with Gasteiger partial charge >= 0.3 is 0 Å². The fourth-order valence-electron chi connectivity index (χ4n) is 2.96. The van der Waals surface area contributed by atoms with E-state index < -0.39 is 0 Å². The van der Waals surface area contributed by atoms with Crippen LogP contribution < -0.4 is 0 Å². The number of furan rings is 1. The highest BCUT2D eigenvalue weighted by Crippen LogP contribution is 2.29. The first-order valence-corrected chi connectivity index (χ1v) is 8.41. The molecule has 0 aliphatic carbocycles. The normalized spacial score (nSPS) is 11.9. The van der Waals surface area contributed by atoms with Crippen molar-refractivity contribution in [1.82, 2.24) is 19.7 Å². The Labute approximate surface area is 155 Å². The lowest BCUT2D eigenvalue weighted by Crippen LogP contribution is -2.05. The topological polar surface area (TPSA) is 86.2 Å².